The maximum absolute atomic E-state index is 13.7. The van der Waals surface area contributed by atoms with Gasteiger partial charge in [0.1, 0.15) is 5.60 Å². The van der Waals surface area contributed by atoms with Crippen LogP contribution in [0.25, 0.3) is 0 Å². The van der Waals surface area contributed by atoms with E-state index in [2.05, 4.69) is 44.1 Å². The Hall–Kier alpha value is -1.20. The number of nitrogens with zero attached hydrogens (tertiary/aromatic N) is 2. The van der Waals surface area contributed by atoms with E-state index < -0.39 is 32.1 Å². The van der Waals surface area contributed by atoms with E-state index in [1.165, 1.54) is 0 Å². The number of ether oxygens (including phenoxy) is 2. The average molecular weight is 645 g/mol. The van der Waals surface area contributed by atoms with Crippen LogP contribution in [0.3, 0.4) is 0 Å². The minimum Gasteiger partial charge on any atom is -0.458 e. The van der Waals surface area contributed by atoms with Crippen molar-refractivity contribution in [1.82, 2.24) is 15.1 Å². The summed E-state index contributed by atoms with van der Waals surface area (Å²) < 4.78 is 18.7. The molecule has 2 heterocycles. The second-order valence-corrected chi connectivity index (χ2v) is 19.7. The van der Waals surface area contributed by atoms with Crippen molar-refractivity contribution < 1.29 is 23.5 Å². The van der Waals surface area contributed by atoms with Crippen molar-refractivity contribution >= 4 is 43.4 Å². The van der Waals surface area contributed by atoms with Gasteiger partial charge >= 0.3 is 5.97 Å². The fourth-order valence-electron chi connectivity index (χ4n) is 5.01. The molecule has 0 aromatic heterocycles. The molecule has 2 aliphatic heterocycles. The number of esters is 1. The first-order valence-corrected chi connectivity index (χ1v) is 18.8. The van der Waals surface area contributed by atoms with Gasteiger partial charge in [0.2, 0.25) is 5.91 Å². The Morgan fingerprint density at radius 3 is 2.33 bits per heavy atom. The minimum atomic E-state index is -1.99. The van der Waals surface area contributed by atoms with Crippen molar-refractivity contribution in [3.63, 3.8) is 0 Å². The molecule has 0 spiro atoms. The fourth-order valence-corrected chi connectivity index (χ4v) is 6.35. The van der Waals surface area contributed by atoms with Crippen LogP contribution in [0.4, 0.5) is 0 Å². The second kappa shape index (κ2) is 14.7. The van der Waals surface area contributed by atoms with E-state index in [4.69, 9.17) is 37.1 Å². The molecule has 2 saturated heterocycles. The molecule has 1 aromatic rings. The van der Waals surface area contributed by atoms with E-state index in [9.17, 15) is 9.59 Å². The van der Waals surface area contributed by atoms with E-state index in [1.807, 2.05) is 31.7 Å². The fraction of sp³-hybridized carbons (Fsp3) is 0.742. The average Bonchev–Trinajstić information content (AvgIpc) is 3.28. The summed E-state index contributed by atoms with van der Waals surface area (Å²) >= 11 is 12.7. The predicted octanol–water partition coefficient (Wildman–Crippen LogP) is 5.93. The molecule has 3 atom stereocenters. The molecule has 0 radical (unpaired) electrons. The summed E-state index contributed by atoms with van der Waals surface area (Å²) in [6, 6.07) is 5.40. The number of carbonyl (C=O) groups excluding carboxylic acids is 2. The Kier molecular flexibility index (Phi) is 12.4. The summed E-state index contributed by atoms with van der Waals surface area (Å²) in [4.78, 5) is 31.0. The Labute approximate surface area is 263 Å². The zero-order chi connectivity index (χ0) is 31.3. The molecule has 3 rings (SSSR count). The zero-order valence-electron chi connectivity index (χ0n) is 26.7. The normalized spacial score (nSPS) is 22.6. The maximum Gasteiger partial charge on any atom is 0.337 e. The molecule has 8 nitrogen and oxygen atoms in total. The quantitative estimate of drug-likeness (QED) is 0.250. The van der Waals surface area contributed by atoms with E-state index in [0.29, 0.717) is 49.4 Å². The molecule has 1 aromatic carbocycles. The van der Waals surface area contributed by atoms with Gasteiger partial charge in [0.15, 0.2) is 14.4 Å². The van der Waals surface area contributed by atoms with E-state index in [1.54, 1.807) is 12.1 Å². The van der Waals surface area contributed by atoms with Crippen LogP contribution >= 0.6 is 23.2 Å². The summed E-state index contributed by atoms with van der Waals surface area (Å²) in [5.41, 5.74) is 0.157. The first-order valence-electron chi connectivity index (χ1n) is 15.1. The van der Waals surface area contributed by atoms with Crippen molar-refractivity contribution in [3.05, 3.63) is 33.8 Å². The number of nitrogens with one attached hydrogen (secondary N) is 1. The molecule has 2 fully saturated rings. The maximum atomic E-state index is 13.7. The van der Waals surface area contributed by atoms with Crippen molar-refractivity contribution in [2.45, 2.75) is 90.3 Å². The standard InChI is InChI=1S/C31H51Cl2N3O5Si/c1-30(2,3)41-29(38)26-19-34-18-23(28(40-26)22-11-12-24(32)25(33)17-22)20-36(27(37)21-35-13-9-10-14-35)15-16-39-42(7,8)31(4,5)6/h11-12,17,23,26,28,34H,9-10,13-16,18-21H2,1-8H3/t23-,26?,28+/m1/s1. The van der Waals surface area contributed by atoms with Crippen molar-refractivity contribution in [2.75, 3.05) is 52.4 Å². The van der Waals surface area contributed by atoms with Crippen LogP contribution in [0, 0.1) is 5.92 Å². The zero-order valence-corrected chi connectivity index (χ0v) is 29.2. The van der Waals surface area contributed by atoms with Crippen molar-refractivity contribution in [2.24, 2.45) is 5.92 Å². The highest BCUT2D eigenvalue weighted by atomic mass is 35.5. The van der Waals surface area contributed by atoms with Crippen LogP contribution in [-0.2, 0) is 23.5 Å². The predicted molar refractivity (Wildman–Crippen MR) is 172 cm³/mol. The van der Waals surface area contributed by atoms with E-state index >= 15 is 0 Å². The smallest absolute Gasteiger partial charge is 0.337 e. The van der Waals surface area contributed by atoms with Gasteiger partial charge in [-0.25, -0.2) is 4.79 Å². The molecular weight excluding hydrogens is 593 g/mol. The van der Waals surface area contributed by atoms with Crippen molar-refractivity contribution in [3.8, 4) is 0 Å². The molecule has 11 heteroatoms. The molecule has 1 N–H and O–H groups in total. The summed E-state index contributed by atoms with van der Waals surface area (Å²) in [7, 11) is -1.99. The van der Waals surface area contributed by atoms with Crippen LogP contribution in [-0.4, -0.2) is 94.1 Å². The Morgan fingerprint density at radius 1 is 1.07 bits per heavy atom. The lowest BCUT2D eigenvalue weighted by Gasteiger charge is -2.37. The number of likely N-dealkylation sites (tertiary alicyclic amines) is 1. The molecule has 0 aliphatic carbocycles. The molecule has 2 aliphatic rings. The Morgan fingerprint density at radius 2 is 1.74 bits per heavy atom. The largest absolute Gasteiger partial charge is 0.458 e. The van der Waals surface area contributed by atoms with Crippen LogP contribution in [0.15, 0.2) is 18.2 Å². The summed E-state index contributed by atoms with van der Waals surface area (Å²) in [6.07, 6.45) is 0.904. The van der Waals surface area contributed by atoms with Crippen LogP contribution in [0.2, 0.25) is 28.2 Å². The number of carbonyl (C=O) groups is 2. The SMILES string of the molecule is CC(C)(C)OC(=O)C1CNC[C@H](CN(CCO[Si](C)(C)C(C)(C)C)C(=O)CN2CCCC2)[C@H](c2ccc(Cl)c(Cl)c2)O1. The molecule has 238 valence electrons. The third-order valence-corrected chi connectivity index (χ3v) is 13.7. The Balaban J connectivity index is 1.87. The third kappa shape index (κ3) is 10.2. The Bertz CT molecular complexity index is 1070. The highest BCUT2D eigenvalue weighted by Crippen LogP contribution is 2.37. The first-order chi connectivity index (χ1) is 19.5. The minimum absolute atomic E-state index is 0.0755. The molecule has 0 bridgehead atoms. The summed E-state index contributed by atoms with van der Waals surface area (Å²) in [5, 5.41) is 4.33. The van der Waals surface area contributed by atoms with Gasteiger partial charge in [-0.3, -0.25) is 9.69 Å². The molecular formula is C31H51Cl2N3O5Si. The summed E-state index contributed by atoms with van der Waals surface area (Å²) in [6.45, 7) is 21.1. The third-order valence-electron chi connectivity index (χ3n) is 8.41. The lowest BCUT2D eigenvalue weighted by atomic mass is 9.94. The highest BCUT2D eigenvalue weighted by Gasteiger charge is 2.39. The van der Waals surface area contributed by atoms with Gasteiger partial charge in [-0.2, -0.15) is 0 Å². The van der Waals surface area contributed by atoms with Gasteiger partial charge in [-0.1, -0.05) is 50.0 Å². The van der Waals surface area contributed by atoms with E-state index in [-0.39, 0.29) is 16.9 Å². The van der Waals surface area contributed by atoms with Gasteiger partial charge in [0, 0.05) is 32.1 Å². The molecule has 42 heavy (non-hydrogen) atoms. The highest BCUT2D eigenvalue weighted by molar-refractivity contribution is 6.74. The number of halogens is 2. The lowest BCUT2D eigenvalue weighted by molar-refractivity contribution is -0.173. The monoisotopic (exact) mass is 643 g/mol. The van der Waals surface area contributed by atoms with Crippen LogP contribution in [0.5, 0.6) is 0 Å². The summed E-state index contributed by atoms with van der Waals surface area (Å²) in [5.74, 6) is -0.507. The number of amides is 1. The van der Waals surface area contributed by atoms with Gasteiger partial charge in [0.05, 0.1) is 29.3 Å². The number of rotatable bonds is 10. The first kappa shape index (κ1) is 35.3. The molecule has 1 amide bonds. The van der Waals surface area contributed by atoms with Gasteiger partial charge in [-0.05, 0) is 82.5 Å². The van der Waals surface area contributed by atoms with E-state index in [0.717, 1.165) is 31.5 Å². The molecule has 1 unspecified atom stereocenters. The second-order valence-electron chi connectivity index (χ2n) is 14.1. The lowest BCUT2D eigenvalue weighted by Crippen LogP contribution is -2.47. The van der Waals surface area contributed by atoms with Crippen molar-refractivity contribution in [1.29, 1.82) is 0 Å². The number of hydrogen-bond acceptors (Lipinski definition) is 7. The van der Waals surface area contributed by atoms with Gasteiger partial charge < -0.3 is 24.1 Å². The number of benzene rings is 1. The number of hydrogen-bond donors (Lipinski definition) is 1. The molecule has 0 saturated carbocycles. The van der Waals surface area contributed by atoms with Crippen LogP contribution in [0.1, 0.15) is 66.1 Å². The van der Waals surface area contributed by atoms with Gasteiger partial charge in [-0.15, -0.1) is 0 Å². The topological polar surface area (TPSA) is 80.3 Å². The van der Waals surface area contributed by atoms with Crippen LogP contribution < -0.4 is 5.32 Å². The van der Waals surface area contributed by atoms with Gasteiger partial charge in [0.25, 0.3) is 0 Å².